The second-order valence-electron chi connectivity index (χ2n) is 6.40. The summed E-state index contributed by atoms with van der Waals surface area (Å²) in [6.45, 7) is 3.52. The number of amides is 2. The van der Waals surface area contributed by atoms with Gasteiger partial charge in [0.15, 0.2) is 0 Å². The summed E-state index contributed by atoms with van der Waals surface area (Å²) < 4.78 is 4.70. The van der Waals surface area contributed by atoms with Crippen LogP contribution in [0.3, 0.4) is 0 Å². The Morgan fingerprint density at radius 3 is 2.44 bits per heavy atom. The van der Waals surface area contributed by atoms with Gasteiger partial charge in [-0.3, -0.25) is 14.4 Å². The number of H-pyrrole nitrogens is 1. The molecule has 4 N–H and O–H groups in total. The quantitative estimate of drug-likeness (QED) is 0.393. The molecule has 2 unspecified atom stereocenters. The van der Waals surface area contributed by atoms with E-state index in [0.717, 1.165) is 0 Å². The van der Waals surface area contributed by atoms with Crippen molar-refractivity contribution in [2.75, 3.05) is 7.11 Å². The zero-order valence-electron chi connectivity index (χ0n) is 15.7. The highest BCUT2D eigenvalue weighted by Gasteiger charge is 2.29. The molecule has 0 aliphatic heterocycles. The van der Waals surface area contributed by atoms with Crippen LogP contribution in [0.1, 0.15) is 38.8 Å². The number of hydrogen-bond acceptors (Lipinski definition) is 6. The van der Waals surface area contributed by atoms with E-state index in [1.165, 1.54) is 19.6 Å². The number of esters is 1. The number of nitrogens with zero attached hydrogens (tertiary/aromatic N) is 1. The third kappa shape index (κ3) is 7.89. The van der Waals surface area contributed by atoms with Gasteiger partial charge in [0.25, 0.3) is 0 Å². The monoisotopic (exact) mass is 382 g/mol. The molecule has 2 amide bonds. The van der Waals surface area contributed by atoms with Gasteiger partial charge in [-0.05, 0) is 12.3 Å². The fraction of sp³-hybridized carbons (Fsp3) is 0.588. The summed E-state index contributed by atoms with van der Waals surface area (Å²) in [5, 5.41) is 13.8. The summed E-state index contributed by atoms with van der Waals surface area (Å²) in [5.41, 5.74) is 0.625. The van der Waals surface area contributed by atoms with Crippen LogP contribution >= 0.6 is 0 Å². The summed E-state index contributed by atoms with van der Waals surface area (Å²) in [4.78, 5) is 53.9. The van der Waals surface area contributed by atoms with Crippen molar-refractivity contribution in [3.8, 4) is 0 Å². The van der Waals surface area contributed by atoms with Crippen molar-refractivity contribution in [3.05, 3.63) is 18.2 Å². The van der Waals surface area contributed by atoms with Gasteiger partial charge in [0, 0.05) is 31.2 Å². The lowest BCUT2D eigenvalue weighted by Gasteiger charge is -2.24. The Morgan fingerprint density at radius 2 is 1.93 bits per heavy atom. The maximum Gasteiger partial charge on any atom is 0.328 e. The van der Waals surface area contributed by atoms with Crippen LogP contribution in [0, 0.1) is 5.92 Å². The third-order valence-corrected chi connectivity index (χ3v) is 3.84. The molecule has 0 spiro atoms. The Labute approximate surface area is 157 Å². The van der Waals surface area contributed by atoms with Gasteiger partial charge < -0.3 is 25.5 Å². The minimum atomic E-state index is -0.993. The summed E-state index contributed by atoms with van der Waals surface area (Å²) in [7, 11) is 1.23. The lowest BCUT2D eigenvalue weighted by atomic mass is 10.0. The summed E-state index contributed by atoms with van der Waals surface area (Å²) in [6.07, 6.45) is 3.12. The van der Waals surface area contributed by atoms with Gasteiger partial charge >= 0.3 is 11.9 Å². The van der Waals surface area contributed by atoms with E-state index >= 15 is 0 Å². The van der Waals surface area contributed by atoms with Crippen molar-refractivity contribution in [2.24, 2.45) is 5.92 Å². The SMILES string of the molecule is COC(=O)C(NC(=O)C(Cc1cnc[nH]1)NC(=O)CCCC(=O)O)C(C)C. The topological polar surface area (TPSA) is 150 Å². The highest BCUT2D eigenvalue weighted by molar-refractivity contribution is 5.91. The number of aromatic amines is 1. The van der Waals surface area contributed by atoms with Crippen molar-refractivity contribution in [3.63, 3.8) is 0 Å². The zero-order chi connectivity index (χ0) is 20.4. The number of carbonyl (C=O) groups excluding carboxylic acids is 3. The van der Waals surface area contributed by atoms with Crippen LogP contribution in [0.25, 0.3) is 0 Å². The van der Waals surface area contributed by atoms with Gasteiger partial charge in [-0.15, -0.1) is 0 Å². The third-order valence-electron chi connectivity index (χ3n) is 3.84. The number of aliphatic carboxylic acids is 1. The van der Waals surface area contributed by atoms with Crippen molar-refractivity contribution in [1.82, 2.24) is 20.6 Å². The molecule has 150 valence electrons. The maximum absolute atomic E-state index is 12.7. The van der Waals surface area contributed by atoms with Crippen molar-refractivity contribution in [2.45, 2.75) is 51.6 Å². The second-order valence-corrected chi connectivity index (χ2v) is 6.40. The number of nitrogens with one attached hydrogen (secondary N) is 3. The number of ether oxygens (including phenoxy) is 1. The van der Waals surface area contributed by atoms with Crippen LogP contribution in [-0.4, -0.2) is 58.0 Å². The molecule has 0 fully saturated rings. The molecule has 1 aromatic rings. The van der Waals surface area contributed by atoms with Crippen LogP contribution in [0.15, 0.2) is 12.5 Å². The molecule has 0 saturated carbocycles. The van der Waals surface area contributed by atoms with Crippen LogP contribution in [-0.2, 0) is 30.3 Å². The fourth-order valence-electron chi connectivity index (χ4n) is 2.37. The first-order valence-corrected chi connectivity index (χ1v) is 8.61. The van der Waals surface area contributed by atoms with Gasteiger partial charge in [0.2, 0.25) is 11.8 Å². The minimum Gasteiger partial charge on any atom is -0.481 e. The molecule has 0 aliphatic carbocycles. The Kier molecular flexibility index (Phi) is 8.97. The standard InChI is InChI=1S/C17H26N4O6/c1-10(2)15(17(26)27-3)21-16(25)12(7-11-8-18-9-19-11)20-13(22)5-4-6-14(23)24/h8-10,12,15H,4-7H2,1-3H3,(H,18,19)(H,20,22)(H,21,25)(H,23,24). The first-order chi connectivity index (χ1) is 12.7. The van der Waals surface area contributed by atoms with Gasteiger partial charge in [0.1, 0.15) is 12.1 Å². The summed E-state index contributed by atoms with van der Waals surface area (Å²) >= 11 is 0. The number of carboxylic acid groups (broad SMARTS) is 1. The second kappa shape index (κ2) is 10.9. The molecule has 2 atom stereocenters. The van der Waals surface area contributed by atoms with Gasteiger partial charge in [-0.2, -0.15) is 0 Å². The molecule has 1 rings (SSSR count). The van der Waals surface area contributed by atoms with E-state index in [1.54, 1.807) is 13.8 Å². The Balaban J connectivity index is 2.80. The van der Waals surface area contributed by atoms with E-state index < -0.39 is 35.8 Å². The minimum absolute atomic E-state index is 0.0241. The normalized spacial score (nSPS) is 12.9. The van der Waals surface area contributed by atoms with Crippen molar-refractivity contribution in [1.29, 1.82) is 0 Å². The lowest BCUT2D eigenvalue weighted by molar-refractivity contribution is -0.146. The number of hydrogen-bond donors (Lipinski definition) is 4. The molecule has 0 aromatic carbocycles. The highest BCUT2D eigenvalue weighted by atomic mass is 16.5. The van der Waals surface area contributed by atoms with E-state index in [-0.39, 0.29) is 31.6 Å². The van der Waals surface area contributed by atoms with E-state index in [1.807, 2.05) is 0 Å². The average molecular weight is 382 g/mol. The Bertz CT molecular complexity index is 644. The van der Waals surface area contributed by atoms with Crippen LogP contribution in [0.4, 0.5) is 0 Å². The van der Waals surface area contributed by atoms with Crippen molar-refractivity contribution < 1.29 is 29.0 Å². The Morgan fingerprint density at radius 1 is 1.22 bits per heavy atom. The van der Waals surface area contributed by atoms with Crippen molar-refractivity contribution >= 4 is 23.8 Å². The molecular formula is C17H26N4O6. The van der Waals surface area contributed by atoms with E-state index in [4.69, 9.17) is 9.84 Å². The molecule has 10 nitrogen and oxygen atoms in total. The Hall–Kier alpha value is -2.91. The molecule has 1 heterocycles. The predicted molar refractivity (Wildman–Crippen MR) is 94.5 cm³/mol. The highest BCUT2D eigenvalue weighted by Crippen LogP contribution is 2.07. The van der Waals surface area contributed by atoms with E-state index in [2.05, 4.69) is 20.6 Å². The predicted octanol–water partition coefficient (Wildman–Crippen LogP) is 0.00570. The van der Waals surface area contributed by atoms with Gasteiger partial charge in [0.05, 0.1) is 13.4 Å². The lowest BCUT2D eigenvalue weighted by Crippen LogP contribution is -2.54. The molecule has 0 aliphatic rings. The summed E-state index contributed by atoms with van der Waals surface area (Å²) in [6, 6.07) is -1.80. The molecule has 27 heavy (non-hydrogen) atoms. The molecule has 0 radical (unpaired) electrons. The fourth-order valence-corrected chi connectivity index (χ4v) is 2.37. The smallest absolute Gasteiger partial charge is 0.328 e. The van der Waals surface area contributed by atoms with Crippen LogP contribution in [0.5, 0.6) is 0 Å². The number of carbonyl (C=O) groups is 4. The number of aromatic nitrogens is 2. The molecule has 0 saturated heterocycles. The van der Waals surface area contributed by atoms with Gasteiger partial charge in [-0.25, -0.2) is 9.78 Å². The largest absolute Gasteiger partial charge is 0.481 e. The molecule has 10 heteroatoms. The number of carboxylic acids is 1. The van der Waals surface area contributed by atoms with E-state index in [9.17, 15) is 19.2 Å². The first kappa shape index (κ1) is 22.1. The number of imidazole rings is 1. The van der Waals surface area contributed by atoms with Crippen LogP contribution < -0.4 is 10.6 Å². The number of methoxy groups -OCH3 is 1. The number of rotatable bonds is 11. The zero-order valence-corrected chi connectivity index (χ0v) is 15.7. The van der Waals surface area contributed by atoms with E-state index in [0.29, 0.717) is 5.69 Å². The average Bonchev–Trinajstić information content (AvgIpc) is 3.10. The molecular weight excluding hydrogens is 356 g/mol. The summed E-state index contributed by atoms with van der Waals surface area (Å²) in [5.74, 6) is -2.77. The van der Waals surface area contributed by atoms with Crippen LogP contribution in [0.2, 0.25) is 0 Å². The maximum atomic E-state index is 12.7. The molecule has 0 bridgehead atoms. The first-order valence-electron chi connectivity index (χ1n) is 8.61. The molecule has 1 aromatic heterocycles. The van der Waals surface area contributed by atoms with Gasteiger partial charge in [-0.1, -0.05) is 13.8 Å².